The fourth-order valence-electron chi connectivity index (χ4n) is 5.59. The van der Waals surface area contributed by atoms with Crippen LogP contribution in [0.2, 0.25) is 0 Å². The second-order valence-electron chi connectivity index (χ2n) is 10.7. The molecular formula is C30H26N8O6S. The Bertz CT molecular complexity index is 2180. The van der Waals surface area contributed by atoms with E-state index in [4.69, 9.17) is 18.0 Å². The summed E-state index contributed by atoms with van der Waals surface area (Å²) in [6.07, 6.45) is 1.20. The van der Waals surface area contributed by atoms with Crippen molar-refractivity contribution in [2.75, 3.05) is 11.1 Å². The van der Waals surface area contributed by atoms with Crippen LogP contribution >= 0.6 is 12.2 Å². The first-order valence-corrected chi connectivity index (χ1v) is 14.3. The highest BCUT2D eigenvalue weighted by Crippen LogP contribution is 2.35. The van der Waals surface area contributed by atoms with E-state index in [2.05, 4.69) is 31.1 Å². The zero-order valence-corrected chi connectivity index (χ0v) is 24.6. The molecule has 1 aliphatic carbocycles. The molecule has 0 radical (unpaired) electrons. The van der Waals surface area contributed by atoms with E-state index in [-0.39, 0.29) is 58.0 Å². The summed E-state index contributed by atoms with van der Waals surface area (Å²) in [6, 6.07) is 11.5. The predicted molar refractivity (Wildman–Crippen MR) is 166 cm³/mol. The van der Waals surface area contributed by atoms with E-state index in [1.54, 1.807) is 25.1 Å². The van der Waals surface area contributed by atoms with Crippen LogP contribution in [0.1, 0.15) is 71.6 Å². The van der Waals surface area contributed by atoms with E-state index in [1.165, 1.54) is 16.5 Å². The number of hydrogen-bond donors (Lipinski definition) is 6. The van der Waals surface area contributed by atoms with Crippen molar-refractivity contribution in [3.05, 3.63) is 112 Å². The minimum absolute atomic E-state index is 0.0391. The number of aromatic amines is 1. The smallest absolute Gasteiger partial charge is 0.335 e. The Labute approximate surface area is 259 Å². The van der Waals surface area contributed by atoms with Crippen molar-refractivity contribution in [1.29, 1.82) is 0 Å². The number of fused-ring (bicyclic) bond motifs is 2. The highest BCUT2D eigenvalue weighted by Gasteiger charge is 2.29. The molecule has 7 N–H and O–H groups in total. The number of nitrogen functional groups attached to an aromatic ring is 1. The summed E-state index contributed by atoms with van der Waals surface area (Å²) in [5.74, 6) is -2.02. The van der Waals surface area contributed by atoms with E-state index in [0.717, 1.165) is 22.3 Å². The van der Waals surface area contributed by atoms with Gasteiger partial charge in [0.25, 0.3) is 28.4 Å². The Morgan fingerprint density at radius 2 is 1.84 bits per heavy atom. The molecule has 6 rings (SSSR count). The number of aromatic carboxylic acids is 1. The van der Waals surface area contributed by atoms with Gasteiger partial charge in [-0.25, -0.2) is 19.3 Å². The molecule has 2 amide bonds. The van der Waals surface area contributed by atoms with E-state index in [0.29, 0.717) is 18.4 Å². The Kier molecular flexibility index (Phi) is 7.46. The first-order valence-electron chi connectivity index (χ1n) is 13.9. The second kappa shape index (κ2) is 11.4. The molecule has 1 atom stereocenters. The van der Waals surface area contributed by atoms with Crippen LogP contribution in [0, 0.1) is 11.7 Å². The fraction of sp³-hybridized carbons (Fsp3) is 0.200. The topological polar surface area (TPSA) is 214 Å². The Morgan fingerprint density at radius 1 is 1.09 bits per heavy atom. The molecule has 2 heterocycles. The molecule has 0 spiro atoms. The lowest BCUT2D eigenvalue weighted by molar-refractivity contribution is 0.0695. The van der Waals surface area contributed by atoms with Crippen molar-refractivity contribution in [2.45, 2.75) is 38.9 Å². The Balaban J connectivity index is 1.18. The number of anilines is 2. The number of H-pyrrole nitrogens is 1. The third-order valence-corrected chi connectivity index (χ3v) is 8.22. The minimum atomic E-state index is -1.00. The third kappa shape index (κ3) is 5.33. The average Bonchev–Trinajstić information content (AvgIpc) is 3.62. The van der Waals surface area contributed by atoms with Crippen LogP contribution in [0.15, 0.2) is 52.1 Å². The number of aromatic nitrogens is 4. The largest absolute Gasteiger partial charge is 0.478 e. The number of nitrogens with one attached hydrogen (secondary N) is 4. The van der Waals surface area contributed by atoms with Crippen LogP contribution in [0.4, 0.5) is 11.4 Å². The van der Waals surface area contributed by atoms with Gasteiger partial charge in [-0.05, 0) is 71.9 Å². The molecule has 3 aromatic carbocycles. The van der Waals surface area contributed by atoms with Crippen molar-refractivity contribution in [1.82, 2.24) is 30.2 Å². The maximum atomic E-state index is 13.4. The molecule has 0 unspecified atom stereocenters. The molecule has 228 valence electrons. The van der Waals surface area contributed by atoms with Gasteiger partial charge >= 0.3 is 5.97 Å². The van der Waals surface area contributed by atoms with E-state index < -0.39 is 28.6 Å². The number of amides is 2. The first-order chi connectivity index (χ1) is 21.5. The summed E-state index contributed by atoms with van der Waals surface area (Å²) in [4.78, 5) is 65.6. The fourth-order valence-corrected chi connectivity index (χ4v) is 5.82. The highest BCUT2D eigenvalue weighted by molar-refractivity contribution is 7.71. The van der Waals surface area contributed by atoms with Gasteiger partial charge < -0.3 is 26.8 Å². The molecule has 5 aromatic rings. The number of nitrogens with zero attached hydrogens (tertiary/aromatic N) is 3. The summed E-state index contributed by atoms with van der Waals surface area (Å²) in [5.41, 5.74) is 8.42. The van der Waals surface area contributed by atoms with Gasteiger partial charge in [0, 0.05) is 13.1 Å². The highest BCUT2D eigenvalue weighted by atomic mass is 32.1. The Morgan fingerprint density at radius 3 is 2.58 bits per heavy atom. The lowest BCUT2D eigenvalue weighted by atomic mass is 9.98. The van der Waals surface area contributed by atoms with E-state index in [1.807, 2.05) is 12.1 Å². The Hall–Kier alpha value is -5.70. The van der Waals surface area contributed by atoms with Crippen LogP contribution in [-0.4, -0.2) is 42.5 Å². The normalized spacial score (nSPS) is 13.9. The molecule has 1 aliphatic rings. The van der Waals surface area contributed by atoms with Gasteiger partial charge in [-0.3, -0.25) is 19.2 Å². The van der Waals surface area contributed by atoms with Gasteiger partial charge in [0.15, 0.2) is 0 Å². The monoisotopic (exact) mass is 626 g/mol. The average molecular weight is 627 g/mol. The molecule has 0 fully saturated rings. The summed E-state index contributed by atoms with van der Waals surface area (Å²) >= 11 is 5.30. The summed E-state index contributed by atoms with van der Waals surface area (Å²) in [5, 5.41) is 24.8. The van der Waals surface area contributed by atoms with Crippen molar-refractivity contribution in [3.63, 3.8) is 0 Å². The van der Waals surface area contributed by atoms with Crippen LogP contribution in [-0.2, 0) is 19.5 Å². The second-order valence-corrected chi connectivity index (χ2v) is 11.1. The number of carboxylic acids is 1. The van der Waals surface area contributed by atoms with Gasteiger partial charge in [-0.1, -0.05) is 30.3 Å². The lowest BCUT2D eigenvalue weighted by Gasteiger charge is -2.16. The lowest BCUT2D eigenvalue weighted by Crippen LogP contribution is -2.36. The summed E-state index contributed by atoms with van der Waals surface area (Å²) in [7, 11) is 0. The summed E-state index contributed by atoms with van der Waals surface area (Å²) < 4.78 is 1.45. The van der Waals surface area contributed by atoms with Crippen molar-refractivity contribution in [3.8, 4) is 0 Å². The molecule has 0 bridgehead atoms. The number of carbonyl (C=O) groups is 3. The van der Waals surface area contributed by atoms with Gasteiger partial charge in [-0.2, -0.15) is 0 Å². The zero-order chi connectivity index (χ0) is 32.0. The maximum absolute atomic E-state index is 13.4. The number of hydrogen-bond acceptors (Lipinski definition) is 10. The maximum Gasteiger partial charge on any atom is 0.335 e. The zero-order valence-electron chi connectivity index (χ0n) is 23.8. The van der Waals surface area contributed by atoms with Crippen LogP contribution in [0.3, 0.4) is 0 Å². The van der Waals surface area contributed by atoms with Gasteiger partial charge in [0.2, 0.25) is 4.77 Å². The van der Waals surface area contributed by atoms with Gasteiger partial charge in [0.1, 0.15) is 22.8 Å². The van der Waals surface area contributed by atoms with E-state index in [9.17, 15) is 29.1 Å². The molecule has 0 aliphatic heterocycles. The molecule has 14 nitrogen and oxygen atoms in total. The molecule has 0 saturated carbocycles. The minimum Gasteiger partial charge on any atom is -0.478 e. The molecular weight excluding hydrogens is 600 g/mol. The quantitative estimate of drug-likeness (QED) is 0.103. The van der Waals surface area contributed by atoms with Crippen LogP contribution in [0.25, 0.3) is 5.78 Å². The van der Waals surface area contributed by atoms with Crippen molar-refractivity contribution >= 4 is 47.2 Å². The standard InChI is InChI=1S/C30H26N8O6S/c1-13-16-7-8-19(18(16)6-5-17(13)28(43)44)34-26(41)20-10-21(38-29(35-20)36-37-30(38)45)27(42)33-12-15-4-2-3-14(9-15)11-32-23-22(31)24(39)25(23)40/h2-6,9-10,19,32H,7-8,11-12,31H2,1H3,(H,33,42)(H,34,41)(H,37,45)(H,43,44)/t19-/m0/s1. The van der Waals surface area contributed by atoms with E-state index >= 15 is 0 Å². The van der Waals surface area contributed by atoms with Gasteiger partial charge in [-0.15, -0.1) is 5.10 Å². The SMILES string of the molecule is Cc1c(C(=O)O)ccc2c1CC[C@@H]2NC(=O)c1cc(C(=O)NCc2cccc(CNc3c(N)c(=O)c3=O)c2)n2c(=S)[nH]nc2n1. The summed E-state index contributed by atoms with van der Waals surface area (Å²) in [6.45, 7) is 2.13. The van der Waals surface area contributed by atoms with Gasteiger partial charge in [0.05, 0.1) is 11.6 Å². The molecule has 0 saturated heterocycles. The van der Waals surface area contributed by atoms with Crippen molar-refractivity contribution in [2.24, 2.45) is 0 Å². The number of carbonyl (C=O) groups excluding carboxylic acids is 2. The molecule has 2 aromatic heterocycles. The number of nitrogens with two attached hydrogens (primary N) is 1. The molecule has 45 heavy (non-hydrogen) atoms. The number of benzene rings is 2. The van der Waals surface area contributed by atoms with Crippen LogP contribution in [0.5, 0.6) is 0 Å². The molecule has 15 heteroatoms. The van der Waals surface area contributed by atoms with Crippen LogP contribution < -0.4 is 32.5 Å². The first kappa shape index (κ1) is 29.4. The third-order valence-electron chi connectivity index (χ3n) is 7.94. The number of carboxylic acid groups (broad SMARTS) is 1. The predicted octanol–water partition coefficient (Wildman–Crippen LogP) is 1.93. The van der Waals surface area contributed by atoms with Crippen molar-refractivity contribution < 1.29 is 19.5 Å². The number of rotatable bonds is 9.